The van der Waals surface area contributed by atoms with Crippen LogP contribution in [-0.4, -0.2) is 18.4 Å². The summed E-state index contributed by atoms with van der Waals surface area (Å²) < 4.78 is 5.71. The van der Waals surface area contributed by atoms with E-state index in [4.69, 9.17) is 4.74 Å². The van der Waals surface area contributed by atoms with Crippen molar-refractivity contribution in [1.29, 1.82) is 0 Å². The molecular weight excluding hydrogens is 234 g/mol. The van der Waals surface area contributed by atoms with E-state index in [2.05, 4.69) is 5.32 Å². The summed E-state index contributed by atoms with van der Waals surface area (Å²) in [7, 11) is 0. The fourth-order valence-corrected chi connectivity index (χ4v) is 2.55. The molecule has 86 valence electrons. The van der Waals surface area contributed by atoms with Crippen molar-refractivity contribution in [1.82, 2.24) is 0 Å². The fourth-order valence-electron chi connectivity index (χ4n) is 1.84. The average Bonchev–Trinajstić information content (AvgIpc) is 2.91. The van der Waals surface area contributed by atoms with E-state index >= 15 is 0 Å². The second-order valence-electron chi connectivity index (χ2n) is 3.83. The van der Waals surface area contributed by atoms with Gasteiger partial charge in [0.2, 0.25) is 5.78 Å². The second-order valence-corrected chi connectivity index (χ2v) is 4.77. The Hall–Kier alpha value is -1.81. The molecule has 1 atom stereocenters. The second kappa shape index (κ2) is 4.22. The summed E-state index contributed by atoms with van der Waals surface area (Å²) in [6.07, 6.45) is -0.427. The molecule has 0 saturated carbocycles. The molecule has 0 spiro atoms. The van der Waals surface area contributed by atoms with E-state index in [-0.39, 0.29) is 5.78 Å². The van der Waals surface area contributed by atoms with Crippen molar-refractivity contribution in [2.45, 2.75) is 6.10 Å². The number of hydrogen-bond acceptors (Lipinski definition) is 4. The van der Waals surface area contributed by atoms with E-state index in [9.17, 15) is 4.79 Å². The van der Waals surface area contributed by atoms with Gasteiger partial charge in [0.1, 0.15) is 5.75 Å². The third-order valence-corrected chi connectivity index (χ3v) is 3.58. The molecule has 3 rings (SSSR count). The number of ketones is 1. The number of carbonyl (C=O) groups excluding carboxylic acids is 1. The van der Waals surface area contributed by atoms with Crippen LogP contribution in [0.4, 0.5) is 5.69 Å². The lowest BCUT2D eigenvalue weighted by atomic mass is 10.1. The topological polar surface area (TPSA) is 38.3 Å². The summed E-state index contributed by atoms with van der Waals surface area (Å²) in [5.74, 6) is 0.788. The molecule has 0 aliphatic carbocycles. The Morgan fingerprint density at radius 3 is 3.00 bits per heavy atom. The zero-order chi connectivity index (χ0) is 11.7. The van der Waals surface area contributed by atoms with Crippen LogP contribution < -0.4 is 10.1 Å². The van der Waals surface area contributed by atoms with Gasteiger partial charge in [-0.05, 0) is 23.6 Å². The monoisotopic (exact) mass is 245 g/mol. The normalized spacial score (nSPS) is 17.8. The Kier molecular flexibility index (Phi) is 2.57. The minimum atomic E-state index is -0.427. The molecule has 1 aromatic heterocycles. The van der Waals surface area contributed by atoms with Gasteiger partial charge in [-0.2, -0.15) is 0 Å². The molecule has 1 N–H and O–H groups in total. The van der Waals surface area contributed by atoms with Crippen molar-refractivity contribution < 1.29 is 9.53 Å². The average molecular weight is 245 g/mol. The molecule has 3 nitrogen and oxygen atoms in total. The predicted molar refractivity (Wildman–Crippen MR) is 68.0 cm³/mol. The van der Waals surface area contributed by atoms with Crippen LogP contribution in [-0.2, 0) is 0 Å². The molecule has 0 fully saturated rings. The molecule has 0 saturated heterocycles. The number of ether oxygens (including phenoxy) is 1. The number of nitrogens with one attached hydrogen (secondary N) is 1. The van der Waals surface area contributed by atoms with E-state index in [1.165, 1.54) is 11.3 Å². The van der Waals surface area contributed by atoms with Gasteiger partial charge in [0.05, 0.1) is 17.1 Å². The molecule has 4 heteroatoms. The standard InChI is InChI=1S/C13H11NO2S/c15-13(12-6-3-7-17-12)11-8-14-9-4-1-2-5-10(9)16-11/h1-7,11,14H,8H2. The van der Waals surface area contributed by atoms with Crippen LogP contribution in [0.3, 0.4) is 0 Å². The van der Waals surface area contributed by atoms with Crippen LogP contribution in [0, 0.1) is 0 Å². The van der Waals surface area contributed by atoms with Gasteiger partial charge in [0.15, 0.2) is 6.10 Å². The zero-order valence-corrected chi connectivity index (χ0v) is 9.87. The number of Topliss-reactive ketones (excluding diaryl/α,β-unsaturated/α-hetero) is 1. The SMILES string of the molecule is O=C(c1cccs1)C1CNc2ccccc2O1. The van der Waals surface area contributed by atoms with E-state index in [1.807, 2.05) is 41.8 Å². The molecule has 0 radical (unpaired) electrons. The number of rotatable bonds is 2. The zero-order valence-electron chi connectivity index (χ0n) is 9.05. The molecule has 0 bridgehead atoms. The van der Waals surface area contributed by atoms with Crippen LogP contribution in [0.2, 0.25) is 0 Å². The van der Waals surface area contributed by atoms with Gasteiger partial charge in [-0.15, -0.1) is 11.3 Å². The van der Waals surface area contributed by atoms with Crippen molar-refractivity contribution in [2.75, 3.05) is 11.9 Å². The first-order valence-corrected chi connectivity index (χ1v) is 6.30. The maximum absolute atomic E-state index is 12.1. The molecule has 2 aromatic rings. The Bertz CT molecular complexity index is 536. The molecule has 17 heavy (non-hydrogen) atoms. The van der Waals surface area contributed by atoms with Crippen molar-refractivity contribution >= 4 is 22.8 Å². The molecule has 1 aliphatic heterocycles. The van der Waals surface area contributed by atoms with Gasteiger partial charge in [0.25, 0.3) is 0 Å². The van der Waals surface area contributed by atoms with E-state index in [0.717, 1.165) is 16.3 Å². The minimum absolute atomic E-state index is 0.0435. The van der Waals surface area contributed by atoms with E-state index in [0.29, 0.717) is 6.54 Å². The Morgan fingerprint density at radius 2 is 2.18 bits per heavy atom. The third kappa shape index (κ3) is 1.91. The highest BCUT2D eigenvalue weighted by Gasteiger charge is 2.26. The number of thiophene rings is 1. The lowest BCUT2D eigenvalue weighted by Gasteiger charge is -2.25. The lowest BCUT2D eigenvalue weighted by Crippen LogP contribution is -2.37. The molecule has 1 aliphatic rings. The highest BCUT2D eigenvalue weighted by Crippen LogP contribution is 2.29. The third-order valence-electron chi connectivity index (χ3n) is 2.69. The fraction of sp³-hybridized carbons (Fsp3) is 0.154. The maximum atomic E-state index is 12.1. The van der Waals surface area contributed by atoms with Gasteiger partial charge in [-0.1, -0.05) is 18.2 Å². The number of carbonyl (C=O) groups is 1. The maximum Gasteiger partial charge on any atom is 0.215 e. The van der Waals surface area contributed by atoms with Gasteiger partial charge in [-0.3, -0.25) is 4.79 Å². The number of fused-ring (bicyclic) bond motifs is 1. The van der Waals surface area contributed by atoms with Crippen LogP contribution in [0.25, 0.3) is 0 Å². The van der Waals surface area contributed by atoms with Crippen LogP contribution in [0.15, 0.2) is 41.8 Å². The first kappa shape index (κ1) is 10.4. The largest absolute Gasteiger partial charge is 0.478 e. The quantitative estimate of drug-likeness (QED) is 0.827. The van der Waals surface area contributed by atoms with E-state index < -0.39 is 6.10 Å². The van der Waals surface area contributed by atoms with Crippen molar-refractivity contribution in [3.05, 3.63) is 46.7 Å². The summed E-state index contributed by atoms with van der Waals surface area (Å²) >= 11 is 1.45. The summed E-state index contributed by atoms with van der Waals surface area (Å²) in [5, 5.41) is 5.11. The minimum Gasteiger partial charge on any atom is -0.478 e. The van der Waals surface area contributed by atoms with E-state index in [1.54, 1.807) is 0 Å². The summed E-state index contributed by atoms with van der Waals surface area (Å²) in [6.45, 7) is 0.522. The number of para-hydroxylation sites is 2. The number of benzene rings is 1. The number of hydrogen-bond donors (Lipinski definition) is 1. The smallest absolute Gasteiger partial charge is 0.215 e. The molecule has 1 aromatic carbocycles. The highest BCUT2D eigenvalue weighted by atomic mass is 32.1. The molecule has 2 heterocycles. The van der Waals surface area contributed by atoms with Crippen molar-refractivity contribution in [2.24, 2.45) is 0 Å². The predicted octanol–water partition coefficient (Wildman–Crippen LogP) is 2.80. The summed E-state index contributed by atoms with van der Waals surface area (Å²) in [6, 6.07) is 11.4. The van der Waals surface area contributed by atoms with Crippen LogP contribution in [0.1, 0.15) is 9.67 Å². The Balaban J connectivity index is 1.83. The first-order valence-electron chi connectivity index (χ1n) is 5.42. The Morgan fingerprint density at radius 1 is 1.29 bits per heavy atom. The lowest BCUT2D eigenvalue weighted by molar-refractivity contribution is 0.0806. The van der Waals surface area contributed by atoms with Gasteiger partial charge in [-0.25, -0.2) is 0 Å². The summed E-state index contributed by atoms with van der Waals surface area (Å²) in [5.41, 5.74) is 0.947. The van der Waals surface area contributed by atoms with Gasteiger partial charge in [0, 0.05) is 0 Å². The molecule has 0 amide bonds. The van der Waals surface area contributed by atoms with Crippen LogP contribution >= 0.6 is 11.3 Å². The van der Waals surface area contributed by atoms with Gasteiger partial charge >= 0.3 is 0 Å². The van der Waals surface area contributed by atoms with Gasteiger partial charge < -0.3 is 10.1 Å². The summed E-state index contributed by atoms with van der Waals surface area (Å²) in [4.78, 5) is 12.9. The van der Waals surface area contributed by atoms with Crippen LogP contribution in [0.5, 0.6) is 5.75 Å². The Labute approximate surface area is 103 Å². The van der Waals surface area contributed by atoms with Crippen molar-refractivity contribution in [3.8, 4) is 5.75 Å². The first-order chi connectivity index (χ1) is 8.34. The van der Waals surface area contributed by atoms with Crippen molar-refractivity contribution in [3.63, 3.8) is 0 Å². The molecular formula is C13H11NO2S. The highest BCUT2D eigenvalue weighted by molar-refractivity contribution is 7.12. The molecule has 1 unspecified atom stereocenters. The number of anilines is 1.